The number of benzene rings is 1. The molecule has 1 fully saturated rings. The molecule has 106 valence electrons. The number of rotatable bonds is 6. The molecule has 2 rings (SSSR count). The van der Waals surface area contributed by atoms with E-state index in [0.29, 0.717) is 6.61 Å². The summed E-state index contributed by atoms with van der Waals surface area (Å²) >= 11 is 0. The van der Waals surface area contributed by atoms with Crippen LogP contribution in [0.2, 0.25) is 0 Å². The Kier molecular flexibility index (Phi) is 4.93. The Morgan fingerprint density at radius 1 is 1.37 bits per heavy atom. The maximum Gasteiger partial charge on any atom is 0.163 e. The first-order valence-electron chi connectivity index (χ1n) is 6.78. The van der Waals surface area contributed by atoms with Crippen molar-refractivity contribution in [1.29, 1.82) is 0 Å². The van der Waals surface area contributed by atoms with E-state index in [0.717, 1.165) is 13.1 Å². The number of ether oxygens (including phenoxy) is 2. The van der Waals surface area contributed by atoms with Crippen molar-refractivity contribution < 1.29 is 14.6 Å². The van der Waals surface area contributed by atoms with Gasteiger partial charge in [0.15, 0.2) is 5.79 Å². The lowest BCUT2D eigenvalue weighted by Crippen LogP contribution is -2.36. The first-order chi connectivity index (χ1) is 9.11. The highest BCUT2D eigenvalue weighted by molar-refractivity contribution is 5.14. The van der Waals surface area contributed by atoms with E-state index in [9.17, 15) is 5.11 Å². The zero-order chi connectivity index (χ0) is 13.7. The van der Waals surface area contributed by atoms with Crippen LogP contribution in [-0.4, -0.2) is 36.8 Å². The van der Waals surface area contributed by atoms with Gasteiger partial charge in [-0.3, -0.25) is 0 Å². The van der Waals surface area contributed by atoms with Gasteiger partial charge in [0.1, 0.15) is 0 Å². The molecule has 0 aliphatic carbocycles. The highest BCUT2D eigenvalue weighted by atomic mass is 16.7. The minimum absolute atomic E-state index is 0.0386. The minimum Gasteiger partial charge on any atom is -0.396 e. The minimum atomic E-state index is -0.530. The van der Waals surface area contributed by atoms with Crippen molar-refractivity contribution in [2.45, 2.75) is 32.3 Å². The van der Waals surface area contributed by atoms with E-state index in [2.05, 4.69) is 17.4 Å². The van der Waals surface area contributed by atoms with Gasteiger partial charge in [-0.05, 0) is 19.4 Å². The van der Waals surface area contributed by atoms with Crippen molar-refractivity contribution in [3.05, 3.63) is 35.9 Å². The summed E-state index contributed by atoms with van der Waals surface area (Å²) in [6.45, 7) is 5.97. The van der Waals surface area contributed by atoms with Crippen LogP contribution in [0, 0.1) is 5.92 Å². The third-order valence-electron chi connectivity index (χ3n) is 3.37. The van der Waals surface area contributed by atoms with Crippen LogP contribution in [0.15, 0.2) is 30.3 Å². The van der Waals surface area contributed by atoms with Crippen molar-refractivity contribution in [3.8, 4) is 0 Å². The molecule has 1 aliphatic heterocycles. The molecule has 0 radical (unpaired) electrons. The van der Waals surface area contributed by atoms with Crippen LogP contribution in [-0.2, 0) is 16.0 Å². The van der Waals surface area contributed by atoms with Crippen LogP contribution >= 0.6 is 0 Å². The molecule has 4 nitrogen and oxygen atoms in total. The molecule has 0 bridgehead atoms. The van der Waals surface area contributed by atoms with Gasteiger partial charge >= 0.3 is 0 Å². The van der Waals surface area contributed by atoms with E-state index < -0.39 is 5.79 Å². The molecular formula is C15H23NO3. The van der Waals surface area contributed by atoms with Gasteiger partial charge in [-0.15, -0.1) is 0 Å². The topological polar surface area (TPSA) is 50.7 Å². The van der Waals surface area contributed by atoms with Gasteiger partial charge in [0.2, 0.25) is 0 Å². The van der Waals surface area contributed by atoms with Gasteiger partial charge in [-0.1, -0.05) is 30.3 Å². The second-order valence-corrected chi connectivity index (χ2v) is 5.43. The van der Waals surface area contributed by atoms with Gasteiger partial charge in [0.25, 0.3) is 0 Å². The summed E-state index contributed by atoms with van der Waals surface area (Å²) in [7, 11) is 0. The zero-order valence-corrected chi connectivity index (χ0v) is 11.6. The molecule has 1 aliphatic rings. The molecule has 1 aromatic carbocycles. The van der Waals surface area contributed by atoms with Crippen molar-refractivity contribution in [3.63, 3.8) is 0 Å². The van der Waals surface area contributed by atoms with Crippen LogP contribution in [0.4, 0.5) is 0 Å². The van der Waals surface area contributed by atoms with Gasteiger partial charge < -0.3 is 19.9 Å². The Labute approximate surface area is 114 Å². The van der Waals surface area contributed by atoms with E-state index in [1.54, 1.807) is 0 Å². The quantitative estimate of drug-likeness (QED) is 0.819. The average molecular weight is 265 g/mol. The van der Waals surface area contributed by atoms with Crippen molar-refractivity contribution in [2.75, 3.05) is 19.8 Å². The van der Waals surface area contributed by atoms with Crippen molar-refractivity contribution in [2.24, 2.45) is 5.92 Å². The van der Waals surface area contributed by atoms with Gasteiger partial charge in [-0.25, -0.2) is 0 Å². The van der Waals surface area contributed by atoms with Crippen LogP contribution in [0.5, 0.6) is 0 Å². The van der Waals surface area contributed by atoms with Crippen LogP contribution in [0.1, 0.15) is 19.4 Å². The predicted molar refractivity (Wildman–Crippen MR) is 73.6 cm³/mol. The standard InChI is InChI=1S/C15H23NO3/c1-15(2)18-11-14(19-15)13(10-17)9-16-8-12-6-4-3-5-7-12/h3-7,13-14,16-17H,8-11H2,1-2H3/t13-,14+/m1/s1. The van der Waals surface area contributed by atoms with E-state index in [1.165, 1.54) is 5.56 Å². The first-order valence-corrected chi connectivity index (χ1v) is 6.78. The molecule has 0 amide bonds. The Morgan fingerprint density at radius 2 is 2.11 bits per heavy atom. The fourth-order valence-electron chi connectivity index (χ4n) is 2.26. The molecule has 0 spiro atoms. The molecule has 1 heterocycles. The van der Waals surface area contributed by atoms with Gasteiger partial charge in [0, 0.05) is 25.6 Å². The Hall–Kier alpha value is -0.940. The zero-order valence-electron chi connectivity index (χ0n) is 11.6. The third-order valence-corrected chi connectivity index (χ3v) is 3.37. The second-order valence-electron chi connectivity index (χ2n) is 5.43. The Balaban J connectivity index is 1.77. The highest BCUT2D eigenvalue weighted by Crippen LogP contribution is 2.26. The number of hydrogen-bond donors (Lipinski definition) is 2. The number of hydrogen-bond acceptors (Lipinski definition) is 4. The second kappa shape index (κ2) is 6.48. The lowest BCUT2D eigenvalue weighted by atomic mass is 10.0. The Morgan fingerprint density at radius 3 is 2.68 bits per heavy atom. The molecule has 0 saturated carbocycles. The number of aliphatic hydroxyl groups is 1. The van der Waals surface area contributed by atoms with Crippen molar-refractivity contribution in [1.82, 2.24) is 5.32 Å². The van der Waals surface area contributed by atoms with Crippen LogP contribution in [0.3, 0.4) is 0 Å². The highest BCUT2D eigenvalue weighted by Gasteiger charge is 2.36. The van der Waals surface area contributed by atoms with E-state index in [1.807, 2.05) is 32.0 Å². The SMILES string of the molecule is CC1(C)OC[C@@H]([C@@H](CO)CNCc2ccccc2)O1. The lowest BCUT2D eigenvalue weighted by Gasteiger charge is -2.23. The summed E-state index contributed by atoms with van der Waals surface area (Å²) in [6, 6.07) is 10.2. The monoisotopic (exact) mass is 265 g/mol. The summed E-state index contributed by atoms with van der Waals surface area (Å²) in [4.78, 5) is 0. The predicted octanol–water partition coefficient (Wildman–Crippen LogP) is 1.54. The number of aliphatic hydroxyl groups excluding tert-OH is 1. The summed E-state index contributed by atoms with van der Waals surface area (Å²) in [5.41, 5.74) is 1.24. The molecule has 1 saturated heterocycles. The Bertz CT molecular complexity index is 380. The molecule has 1 aromatic rings. The summed E-state index contributed by atoms with van der Waals surface area (Å²) in [5.74, 6) is -0.470. The molecule has 0 aromatic heterocycles. The van der Waals surface area contributed by atoms with E-state index in [4.69, 9.17) is 9.47 Å². The summed E-state index contributed by atoms with van der Waals surface area (Å²) in [5, 5.41) is 12.8. The average Bonchev–Trinajstić information content (AvgIpc) is 2.76. The normalized spacial score (nSPS) is 23.4. The molecule has 2 N–H and O–H groups in total. The fraction of sp³-hybridized carbons (Fsp3) is 0.600. The molecule has 19 heavy (non-hydrogen) atoms. The lowest BCUT2D eigenvalue weighted by molar-refractivity contribution is -0.146. The fourth-order valence-corrected chi connectivity index (χ4v) is 2.26. The summed E-state index contributed by atoms with van der Waals surface area (Å²) in [6.07, 6.45) is -0.0386. The van der Waals surface area contributed by atoms with Gasteiger partial charge in [-0.2, -0.15) is 0 Å². The third kappa shape index (κ3) is 4.28. The molecule has 4 heteroatoms. The van der Waals surface area contributed by atoms with Crippen molar-refractivity contribution >= 4 is 0 Å². The van der Waals surface area contributed by atoms with Gasteiger partial charge in [0.05, 0.1) is 12.7 Å². The number of nitrogens with one attached hydrogen (secondary N) is 1. The maximum absolute atomic E-state index is 9.48. The van der Waals surface area contributed by atoms with E-state index >= 15 is 0 Å². The molecule has 0 unspecified atom stereocenters. The molecule has 2 atom stereocenters. The first kappa shape index (κ1) is 14.5. The molecular weight excluding hydrogens is 242 g/mol. The summed E-state index contributed by atoms with van der Waals surface area (Å²) < 4.78 is 11.3. The largest absolute Gasteiger partial charge is 0.396 e. The van der Waals surface area contributed by atoms with Crippen LogP contribution < -0.4 is 5.32 Å². The maximum atomic E-state index is 9.48. The van der Waals surface area contributed by atoms with E-state index in [-0.39, 0.29) is 18.6 Å². The smallest absolute Gasteiger partial charge is 0.163 e. The van der Waals surface area contributed by atoms with Crippen LogP contribution in [0.25, 0.3) is 0 Å².